The van der Waals surface area contributed by atoms with Crippen LogP contribution in [-0.4, -0.2) is 41.3 Å². The maximum Gasteiger partial charge on any atom is 0.194 e. The van der Waals surface area contributed by atoms with Gasteiger partial charge in [0.15, 0.2) is 17.6 Å². The van der Waals surface area contributed by atoms with Crippen molar-refractivity contribution in [2.24, 2.45) is 5.92 Å². The SMILES string of the molecule is C.CSCC[C@H](CC(=O)c1ccc(CC(=O)[C@@H]([NH3+])CS)cc1)C(=O)[O-]. The Hall–Kier alpha value is -1.31. The predicted octanol–water partition coefficient (Wildman–Crippen LogP) is 0.667. The van der Waals surface area contributed by atoms with Gasteiger partial charge in [0.1, 0.15) is 0 Å². The molecule has 0 aliphatic rings. The van der Waals surface area contributed by atoms with E-state index in [1.165, 1.54) is 11.8 Å². The quantitative estimate of drug-likeness (QED) is 0.430. The van der Waals surface area contributed by atoms with Crippen molar-refractivity contribution in [1.29, 1.82) is 0 Å². The monoisotopic (exact) mass is 385 g/mol. The van der Waals surface area contributed by atoms with Gasteiger partial charge >= 0.3 is 0 Å². The molecule has 0 spiro atoms. The number of quaternary nitrogens is 1. The Morgan fingerprint density at radius 1 is 1.24 bits per heavy atom. The van der Waals surface area contributed by atoms with Gasteiger partial charge in [-0.3, -0.25) is 9.59 Å². The van der Waals surface area contributed by atoms with Gasteiger partial charge in [-0.1, -0.05) is 31.7 Å². The molecule has 1 aromatic carbocycles. The van der Waals surface area contributed by atoms with E-state index in [2.05, 4.69) is 18.4 Å². The molecule has 0 aliphatic heterocycles. The number of thiol groups is 1. The van der Waals surface area contributed by atoms with Crippen LogP contribution in [0.3, 0.4) is 0 Å². The average Bonchev–Trinajstić information content (AvgIpc) is 2.57. The molecule has 0 amide bonds. The fraction of sp³-hybridized carbons (Fsp3) is 0.500. The summed E-state index contributed by atoms with van der Waals surface area (Å²) in [6.45, 7) is 0. The maximum atomic E-state index is 12.2. The number of carboxylic acid groups (broad SMARTS) is 1. The zero-order valence-electron chi connectivity index (χ0n) is 13.7. The van der Waals surface area contributed by atoms with Crippen LogP contribution in [0.15, 0.2) is 24.3 Å². The van der Waals surface area contributed by atoms with E-state index in [1.807, 2.05) is 6.26 Å². The van der Waals surface area contributed by atoms with E-state index in [-0.39, 0.29) is 37.9 Å². The Bertz CT molecular complexity index is 575. The van der Waals surface area contributed by atoms with E-state index in [4.69, 9.17) is 0 Å². The lowest BCUT2D eigenvalue weighted by molar-refractivity contribution is -0.395. The van der Waals surface area contributed by atoms with Crippen molar-refractivity contribution in [2.45, 2.75) is 32.7 Å². The number of benzene rings is 1. The fourth-order valence-electron chi connectivity index (χ4n) is 2.16. The average molecular weight is 386 g/mol. The van der Waals surface area contributed by atoms with Crippen LogP contribution in [-0.2, 0) is 16.0 Å². The smallest absolute Gasteiger partial charge is 0.194 e. The van der Waals surface area contributed by atoms with Gasteiger partial charge in [-0.2, -0.15) is 24.4 Å². The van der Waals surface area contributed by atoms with Crippen molar-refractivity contribution in [3.8, 4) is 0 Å². The van der Waals surface area contributed by atoms with Gasteiger partial charge in [0.05, 0.1) is 0 Å². The predicted molar refractivity (Wildman–Crippen MR) is 103 cm³/mol. The Balaban J connectivity index is 0.00000576. The lowest BCUT2D eigenvalue weighted by Crippen LogP contribution is -2.66. The highest BCUT2D eigenvalue weighted by molar-refractivity contribution is 7.98. The van der Waals surface area contributed by atoms with Crippen molar-refractivity contribution in [3.63, 3.8) is 0 Å². The van der Waals surface area contributed by atoms with E-state index in [1.54, 1.807) is 24.3 Å². The highest BCUT2D eigenvalue weighted by Gasteiger charge is 2.18. The summed E-state index contributed by atoms with van der Waals surface area (Å²) in [6.07, 6.45) is 2.48. The summed E-state index contributed by atoms with van der Waals surface area (Å²) < 4.78 is 0. The Labute approximate surface area is 159 Å². The Kier molecular flexibility index (Phi) is 11.5. The van der Waals surface area contributed by atoms with E-state index in [9.17, 15) is 19.5 Å². The van der Waals surface area contributed by atoms with Crippen molar-refractivity contribution < 1.29 is 25.2 Å². The highest BCUT2D eigenvalue weighted by Crippen LogP contribution is 2.16. The zero-order chi connectivity index (χ0) is 18.1. The maximum absolute atomic E-state index is 12.2. The first-order chi connectivity index (χ1) is 11.4. The molecule has 0 radical (unpaired) electrons. The van der Waals surface area contributed by atoms with Gasteiger partial charge < -0.3 is 15.6 Å². The topological polar surface area (TPSA) is 102 Å². The molecule has 0 saturated heterocycles. The number of hydrogen-bond donors (Lipinski definition) is 2. The van der Waals surface area contributed by atoms with Crippen LogP contribution < -0.4 is 10.8 Å². The van der Waals surface area contributed by atoms with Crippen LogP contribution in [0.2, 0.25) is 0 Å². The van der Waals surface area contributed by atoms with Crippen molar-refractivity contribution in [1.82, 2.24) is 0 Å². The largest absolute Gasteiger partial charge is 0.550 e. The molecule has 0 heterocycles. The highest BCUT2D eigenvalue weighted by atomic mass is 32.2. The number of ketones is 2. The summed E-state index contributed by atoms with van der Waals surface area (Å²) in [7, 11) is 0. The molecule has 1 aromatic rings. The van der Waals surface area contributed by atoms with E-state index >= 15 is 0 Å². The van der Waals surface area contributed by atoms with Crippen LogP contribution in [0.5, 0.6) is 0 Å². The Morgan fingerprint density at radius 3 is 2.32 bits per heavy atom. The Morgan fingerprint density at radius 2 is 1.84 bits per heavy atom. The molecular formula is C18H27NO4S2. The summed E-state index contributed by atoms with van der Waals surface area (Å²) in [5, 5.41) is 11.1. The lowest BCUT2D eigenvalue weighted by Gasteiger charge is -2.16. The van der Waals surface area contributed by atoms with Crippen LogP contribution in [0.1, 0.15) is 36.2 Å². The molecule has 0 aliphatic carbocycles. The molecule has 2 atom stereocenters. The second kappa shape index (κ2) is 12.1. The molecule has 0 fully saturated rings. The first-order valence-electron chi connectivity index (χ1n) is 7.67. The summed E-state index contributed by atoms with van der Waals surface area (Å²) in [5.74, 6) is -1.12. The van der Waals surface area contributed by atoms with Gasteiger partial charge in [-0.15, -0.1) is 0 Å². The van der Waals surface area contributed by atoms with Gasteiger partial charge in [0, 0.05) is 36.0 Å². The lowest BCUT2D eigenvalue weighted by atomic mass is 9.95. The third kappa shape index (κ3) is 8.07. The second-order valence-electron chi connectivity index (χ2n) is 5.64. The molecule has 0 bridgehead atoms. The number of aliphatic carboxylic acids is 1. The molecule has 7 heteroatoms. The molecule has 0 saturated carbocycles. The van der Waals surface area contributed by atoms with Crippen LogP contribution >= 0.6 is 24.4 Å². The molecule has 0 aromatic heterocycles. The van der Waals surface area contributed by atoms with Gasteiger partial charge in [0.25, 0.3) is 0 Å². The summed E-state index contributed by atoms with van der Waals surface area (Å²) >= 11 is 5.59. The third-order valence-electron chi connectivity index (χ3n) is 3.77. The number of rotatable bonds is 11. The van der Waals surface area contributed by atoms with Crippen molar-refractivity contribution >= 4 is 41.9 Å². The van der Waals surface area contributed by atoms with Crippen molar-refractivity contribution in [3.05, 3.63) is 35.4 Å². The normalized spacial score (nSPS) is 12.8. The van der Waals surface area contributed by atoms with Gasteiger partial charge in [-0.25, -0.2) is 0 Å². The van der Waals surface area contributed by atoms with Gasteiger partial charge in [0.2, 0.25) is 0 Å². The van der Waals surface area contributed by atoms with E-state index in [0.717, 1.165) is 5.56 Å². The molecule has 5 nitrogen and oxygen atoms in total. The summed E-state index contributed by atoms with van der Waals surface area (Å²) in [4.78, 5) is 35.2. The first kappa shape index (κ1) is 23.7. The van der Waals surface area contributed by atoms with E-state index < -0.39 is 11.9 Å². The number of carbonyl (C=O) groups is 3. The zero-order valence-corrected chi connectivity index (χ0v) is 15.4. The summed E-state index contributed by atoms with van der Waals surface area (Å²) in [5.41, 5.74) is 4.97. The minimum Gasteiger partial charge on any atom is -0.550 e. The number of carbonyl (C=O) groups excluding carboxylic acids is 3. The van der Waals surface area contributed by atoms with E-state index in [0.29, 0.717) is 23.5 Å². The number of Topliss-reactive ketones (excluding diaryl/α,β-unsaturated/α-hetero) is 2. The number of thioether (sulfide) groups is 1. The minimum atomic E-state index is -1.19. The molecular weight excluding hydrogens is 358 g/mol. The molecule has 140 valence electrons. The second-order valence-corrected chi connectivity index (χ2v) is 6.99. The number of hydrogen-bond acceptors (Lipinski definition) is 6. The molecule has 3 N–H and O–H groups in total. The first-order valence-corrected chi connectivity index (χ1v) is 9.70. The summed E-state index contributed by atoms with van der Waals surface area (Å²) in [6, 6.07) is 6.34. The molecule has 1 rings (SSSR count). The van der Waals surface area contributed by atoms with Crippen LogP contribution in [0.4, 0.5) is 0 Å². The molecule has 0 unspecified atom stereocenters. The van der Waals surface area contributed by atoms with Crippen molar-refractivity contribution in [2.75, 3.05) is 17.8 Å². The third-order valence-corrected chi connectivity index (χ3v) is 4.85. The standard InChI is InChI=1S/C17H23NO4S2.CH4/c1-24-7-6-13(17(21)22)9-15(19)12-4-2-11(3-5-12)8-16(20)14(18)10-23;/h2-5,13-14,23H,6-10,18H2,1H3,(H,21,22);1H4/t13-,14+;/m1./s1. The van der Waals surface area contributed by atoms with Gasteiger partial charge in [-0.05, 0) is 24.0 Å². The van der Waals surface area contributed by atoms with Crippen LogP contribution in [0.25, 0.3) is 0 Å². The minimum absolute atomic E-state index is 0. The number of carboxylic acids is 1. The van der Waals surface area contributed by atoms with Crippen LogP contribution in [0, 0.1) is 5.92 Å². The fourth-order valence-corrected chi connectivity index (χ4v) is 2.88. The molecule has 25 heavy (non-hydrogen) atoms.